The molecule has 0 aliphatic rings. The molecule has 0 unspecified atom stereocenters. The lowest BCUT2D eigenvalue weighted by molar-refractivity contribution is 0.292. The summed E-state index contributed by atoms with van der Waals surface area (Å²) in [6.07, 6.45) is 0. The van der Waals surface area contributed by atoms with Gasteiger partial charge in [0.1, 0.15) is 12.4 Å². The monoisotopic (exact) mass is 265 g/mol. The molecule has 4 nitrogen and oxygen atoms in total. The van der Waals surface area contributed by atoms with E-state index in [1.165, 1.54) is 0 Å². The van der Waals surface area contributed by atoms with Crippen LogP contribution in [0, 0.1) is 6.92 Å². The number of benzene rings is 1. The van der Waals surface area contributed by atoms with Crippen molar-refractivity contribution >= 4 is 11.6 Å². The van der Waals surface area contributed by atoms with Gasteiger partial charge in [0.25, 0.3) is 0 Å². The molecule has 0 atom stereocenters. The molecule has 0 radical (unpaired) electrons. The predicted molar refractivity (Wildman–Crippen MR) is 71.6 cm³/mol. The van der Waals surface area contributed by atoms with Gasteiger partial charge in [-0.15, -0.1) is 0 Å². The van der Waals surface area contributed by atoms with E-state index in [-0.39, 0.29) is 0 Å². The number of hydrogen-bond acceptors (Lipinski definition) is 3. The van der Waals surface area contributed by atoms with Crippen LogP contribution in [0.5, 0.6) is 5.75 Å². The van der Waals surface area contributed by atoms with Crippen LogP contribution in [-0.4, -0.2) is 9.78 Å². The van der Waals surface area contributed by atoms with E-state index in [9.17, 15) is 0 Å². The van der Waals surface area contributed by atoms with Crippen molar-refractivity contribution in [1.82, 2.24) is 9.78 Å². The molecule has 96 valence electrons. The third-order valence-corrected chi connectivity index (χ3v) is 3.11. The summed E-state index contributed by atoms with van der Waals surface area (Å²) in [5, 5.41) is 4.90. The summed E-state index contributed by atoms with van der Waals surface area (Å²) in [5.74, 6) is 0.726. The summed E-state index contributed by atoms with van der Waals surface area (Å²) in [7, 11) is 1.90. The van der Waals surface area contributed by atoms with Crippen LogP contribution in [0.1, 0.15) is 17.0 Å². The molecule has 0 bridgehead atoms. The SMILES string of the molecule is Cc1cc(COc2cccc(Cl)c2CN)n(C)n1. The smallest absolute Gasteiger partial charge is 0.130 e. The van der Waals surface area contributed by atoms with Crippen molar-refractivity contribution in [1.29, 1.82) is 0 Å². The number of hydrogen-bond donors (Lipinski definition) is 1. The summed E-state index contributed by atoms with van der Waals surface area (Å²) < 4.78 is 7.57. The zero-order chi connectivity index (χ0) is 13.1. The van der Waals surface area contributed by atoms with E-state index < -0.39 is 0 Å². The number of nitrogens with zero attached hydrogens (tertiary/aromatic N) is 2. The summed E-state index contributed by atoms with van der Waals surface area (Å²) in [4.78, 5) is 0. The van der Waals surface area contributed by atoms with Gasteiger partial charge in [0, 0.05) is 24.2 Å². The minimum absolute atomic E-state index is 0.361. The quantitative estimate of drug-likeness (QED) is 0.924. The van der Waals surface area contributed by atoms with Crippen molar-refractivity contribution in [2.75, 3.05) is 0 Å². The minimum atomic E-state index is 0.361. The predicted octanol–water partition coefficient (Wildman–Crippen LogP) is 2.42. The Balaban J connectivity index is 2.15. The van der Waals surface area contributed by atoms with Crippen LogP contribution in [-0.2, 0) is 20.2 Å². The number of aromatic nitrogens is 2. The largest absolute Gasteiger partial charge is 0.487 e. The maximum absolute atomic E-state index is 6.07. The van der Waals surface area contributed by atoms with E-state index in [0.29, 0.717) is 18.2 Å². The van der Waals surface area contributed by atoms with E-state index in [1.807, 2.05) is 42.9 Å². The number of rotatable bonds is 4. The second-order valence-electron chi connectivity index (χ2n) is 4.11. The summed E-state index contributed by atoms with van der Waals surface area (Å²) >= 11 is 6.07. The first-order chi connectivity index (χ1) is 8.61. The normalized spacial score (nSPS) is 10.7. The average molecular weight is 266 g/mol. The van der Waals surface area contributed by atoms with E-state index in [4.69, 9.17) is 22.1 Å². The highest BCUT2D eigenvalue weighted by Gasteiger charge is 2.08. The van der Waals surface area contributed by atoms with Crippen LogP contribution in [0.15, 0.2) is 24.3 Å². The Morgan fingerprint density at radius 3 is 2.83 bits per heavy atom. The van der Waals surface area contributed by atoms with Gasteiger partial charge in [0.2, 0.25) is 0 Å². The Bertz CT molecular complexity index is 551. The highest BCUT2D eigenvalue weighted by molar-refractivity contribution is 6.31. The van der Waals surface area contributed by atoms with Crippen LogP contribution < -0.4 is 10.5 Å². The molecule has 0 aliphatic heterocycles. The Morgan fingerprint density at radius 2 is 2.22 bits per heavy atom. The molecule has 0 amide bonds. The van der Waals surface area contributed by atoms with Gasteiger partial charge in [-0.3, -0.25) is 4.68 Å². The molecule has 0 fully saturated rings. The Morgan fingerprint density at radius 1 is 1.44 bits per heavy atom. The molecule has 2 aromatic rings. The van der Waals surface area contributed by atoms with Gasteiger partial charge in [-0.05, 0) is 25.1 Å². The third-order valence-electron chi connectivity index (χ3n) is 2.75. The molecular formula is C13H16ClN3O. The van der Waals surface area contributed by atoms with Gasteiger partial charge in [-0.25, -0.2) is 0 Å². The van der Waals surface area contributed by atoms with Crippen LogP contribution in [0.3, 0.4) is 0 Å². The zero-order valence-corrected chi connectivity index (χ0v) is 11.2. The Kier molecular flexibility index (Phi) is 3.89. The van der Waals surface area contributed by atoms with Gasteiger partial charge in [0.05, 0.1) is 11.4 Å². The number of halogens is 1. The van der Waals surface area contributed by atoms with Gasteiger partial charge < -0.3 is 10.5 Å². The first kappa shape index (κ1) is 12.9. The first-order valence-corrected chi connectivity index (χ1v) is 6.09. The molecule has 2 rings (SSSR count). The molecule has 0 saturated heterocycles. The molecular weight excluding hydrogens is 250 g/mol. The Hall–Kier alpha value is -1.52. The van der Waals surface area contributed by atoms with Crippen LogP contribution in [0.25, 0.3) is 0 Å². The molecule has 0 aliphatic carbocycles. The highest BCUT2D eigenvalue weighted by atomic mass is 35.5. The summed E-state index contributed by atoms with van der Waals surface area (Å²) in [5.41, 5.74) is 8.49. The molecule has 2 N–H and O–H groups in total. The van der Waals surface area contributed by atoms with Crippen LogP contribution in [0.4, 0.5) is 0 Å². The number of aryl methyl sites for hydroxylation is 2. The van der Waals surface area contributed by atoms with Crippen molar-refractivity contribution in [2.45, 2.75) is 20.1 Å². The third kappa shape index (κ3) is 2.66. The molecule has 5 heteroatoms. The lowest BCUT2D eigenvalue weighted by atomic mass is 10.2. The fraction of sp³-hybridized carbons (Fsp3) is 0.308. The van der Waals surface area contributed by atoms with E-state index >= 15 is 0 Å². The topological polar surface area (TPSA) is 53.1 Å². The number of nitrogens with two attached hydrogens (primary N) is 1. The van der Waals surface area contributed by atoms with Crippen molar-refractivity contribution in [3.05, 3.63) is 46.2 Å². The maximum atomic E-state index is 6.07. The average Bonchev–Trinajstić information content (AvgIpc) is 2.65. The van der Waals surface area contributed by atoms with Crippen molar-refractivity contribution in [2.24, 2.45) is 12.8 Å². The lowest BCUT2D eigenvalue weighted by Gasteiger charge is -2.11. The molecule has 1 aromatic carbocycles. The fourth-order valence-electron chi connectivity index (χ4n) is 1.82. The summed E-state index contributed by atoms with van der Waals surface area (Å²) in [6, 6.07) is 7.53. The van der Waals surface area contributed by atoms with Crippen LogP contribution >= 0.6 is 11.6 Å². The van der Waals surface area contributed by atoms with E-state index in [1.54, 1.807) is 0 Å². The van der Waals surface area contributed by atoms with Crippen molar-refractivity contribution in [3.8, 4) is 5.75 Å². The van der Waals surface area contributed by atoms with Gasteiger partial charge >= 0.3 is 0 Å². The zero-order valence-electron chi connectivity index (χ0n) is 10.5. The summed E-state index contributed by atoms with van der Waals surface area (Å²) in [6.45, 7) is 2.76. The second kappa shape index (κ2) is 5.42. The van der Waals surface area contributed by atoms with E-state index in [2.05, 4.69) is 5.10 Å². The molecule has 1 aromatic heterocycles. The molecule has 0 saturated carbocycles. The minimum Gasteiger partial charge on any atom is -0.487 e. The number of ether oxygens (including phenoxy) is 1. The van der Waals surface area contributed by atoms with Crippen LogP contribution in [0.2, 0.25) is 5.02 Å². The van der Waals surface area contributed by atoms with E-state index in [0.717, 1.165) is 22.7 Å². The van der Waals surface area contributed by atoms with Crippen molar-refractivity contribution < 1.29 is 4.74 Å². The Labute approximate surface area is 111 Å². The van der Waals surface area contributed by atoms with Gasteiger partial charge in [-0.2, -0.15) is 5.10 Å². The van der Waals surface area contributed by atoms with Gasteiger partial charge in [0.15, 0.2) is 0 Å². The standard InChI is InChI=1S/C13H16ClN3O/c1-9-6-10(17(2)16-9)8-18-13-5-3-4-12(14)11(13)7-15/h3-6H,7-8,15H2,1-2H3. The molecule has 0 spiro atoms. The maximum Gasteiger partial charge on any atom is 0.130 e. The lowest BCUT2D eigenvalue weighted by Crippen LogP contribution is -2.06. The molecule has 18 heavy (non-hydrogen) atoms. The fourth-order valence-corrected chi connectivity index (χ4v) is 2.07. The van der Waals surface area contributed by atoms with Gasteiger partial charge in [-0.1, -0.05) is 17.7 Å². The van der Waals surface area contributed by atoms with Crippen molar-refractivity contribution in [3.63, 3.8) is 0 Å². The molecule has 1 heterocycles. The first-order valence-electron chi connectivity index (χ1n) is 5.71. The highest BCUT2D eigenvalue weighted by Crippen LogP contribution is 2.26. The second-order valence-corrected chi connectivity index (χ2v) is 4.52.